The third-order valence-electron chi connectivity index (χ3n) is 4.09. The lowest BCUT2D eigenvalue weighted by molar-refractivity contribution is 0.0558. The summed E-state index contributed by atoms with van der Waals surface area (Å²) < 4.78 is 0. The number of rotatable bonds is 4. The van der Waals surface area contributed by atoms with Crippen LogP contribution in [0.25, 0.3) is 0 Å². The molecule has 1 aromatic rings. The number of hydrogen-bond donors (Lipinski definition) is 2. The molecule has 2 N–H and O–H groups in total. The summed E-state index contributed by atoms with van der Waals surface area (Å²) in [5, 5.41) is 29.4. The van der Waals surface area contributed by atoms with Crippen LogP contribution in [0, 0.1) is 11.3 Å². The van der Waals surface area contributed by atoms with E-state index in [9.17, 15) is 10.2 Å². The highest BCUT2D eigenvalue weighted by molar-refractivity contribution is 5.58. The zero-order valence-electron chi connectivity index (χ0n) is 12.1. The van der Waals surface area contributed by atoms with Crippen molar-refractivity contribution in [2.75, 3.05) is 18.5 Å². The van der Waals surface area contributed by atoms with E-state index in [0.717, 1.165) is 36.9 Å². The monoisotopic (exact) mass is 274 g/mol. The number of aliphatic hydroxyl groups is 2. The minimum Gasteiger partial charge on any atom is -0.389 e. The first-order valence-corrected chi connectivity index (χ1v) is 7.11. The Hall–Kier alpha value is -1.57. The van der Waals surface area contributed by atoms with Gasteiger partial charge in [-0.15, -0.1) is 0 Å². The second-order valence-electron chi connectivity index (χ2n) is 5.85. The molecule has 0 aliphatic heterocycles. The number of anilines is 1. The molecule has 20 heavy (non-hydrogen) atoms. The van der Waals surface area contributed by atoms with E-state index in [2.05, 4.69) is 6.07 Å². The van der Waals surface area contributed by atoms with E-state index in [1.807, 2.05) is 11.9 Å². The molecule has 0 bridgehead atoms. The maximum atomic E-state index is 10.5. The van der Waals surface area contributed by atoms with Crippen LogP contribution < -0.4 is 4.90 Å². The highest BCUT2D eigenvalue weighted by atomic mass is 16.3. The quantitative estimate of drug-likeness (QED) is 0.884. The molecule has 0 amide bonds. The van der Waals surface area contributed by atoms with Gasteiger partial charge in [-0.25, -0.2) is 0 Å². The summed E-state index contributed by atoms with van der Waals surface area (Å²) in [6.07, 6.45) is 3.16. The van der Waals surface area contributed by atoms with Crippen LogP contribution in [-0.2, 0) is 0 Å². The summed E-state index contributed by atoms with van der Waals surface area (Å²) in [5.41, 5.74) is 1.52. The van der Waals surface area contributed by atoms with Gasteiger partial charge in [-0.2, -0.15) is 5.26 Å². The van der Waals surface area contributed by atoms with Crippen LogP contribution in [0.4, 0.5) is 5.69 Å². The lowest BCUT2D eigenvalue weighted by Crippen LogP contribution is -2.39. The second kappa shape index (κ2) is 5.82. The summed E-state index contributed by atoms with van der Waals surface area (Å²) in [6.45, 7) is 2.24. The molecule has 2 rings (SSSR count). The fourth-order valence-electron chi connectivity index (χ4n) is 3.01. The highest BCUT2D eigenvalue weighted by Gasteiger charge is 2.32. The van der Waals surface area contributed by atoms with E-state index in [-0.39, 0.29) is 0 Å². The SMILES string of the molecule is CC(O)c1ccc(C#N)cc1N(C)CC1(O)CCCC1. The highest BCUT2D eigenvalue weighted by Crippen LogP contribution is 2.33. The average molecular weight is 274 g/mol. The number of hydrogen-bond acceptors (Lipinski definition) is 4. The Balaban J connectivity index is 2.27. The van der Waals surface area contributed by atoms with Crippen molar-refractivity contribution in [3.05, 3.63) is 29.3 Å². The van der Waals surface area contributed by atoms with Crippen molar-refractivity contribution in [2.24, 2.45) is 0 Å². The Bertz CT molecular complexity index is 514. The molecular weight excluding hydrogens is 252 g/mol. The molecular formula is C16H22N2O2. The zero-order valence-corrected chi connectivity index (χ0v) is 12.1. The second-order valence-corrected chi connectivity index (χ2v) is 5.85. The molecule has 4 heteroatoms. The van der Waals surface area contributed by atoms with Gasteiger partial charge in [0, 0.05) is 24.8 Å². The molecule has 1 unspecified atom stereocenters. The number of likely N-dealkylation sites (N-methyl/N-ethyl adjacent to an activating group) is 1. The Morgan fingerprint density at radius 2 is 2.05 bits per heavy atom. The maximum absolute atomic E-state index is 10.5. The molecule has 0 aromatic heterocycles. The van der Waals surface area contributed by atoms with E-state index in [1.165, 1.54) is 0 Å². The van der Waals surface area contributed by atoms with Crippen molar-refractivity contribution in [1.82, 2.24) is 0 Å². The van der Waals surface area contributed by atoms with Gasteiger partial charge >= 0.3 is 0 Å². The van der Waals surface area contributed by atoms with E-state index >= 15 is 0 Å². The third-order valence-corrected chi connectivity index (χ3v) is 4.09. The number of benzene rings is 1. The summed E-state index contributed by atoms with van der Waals surface area (Å²) in [5.74, 6) is 0. The van der Waals surface area contributed by atoms with Crippen molar-refractivity contribution in [2.45, 2.75) is 44.3 Å². The minimum atomic E-state index is -0.645. The van der Waals surface area contributed by atoms with Gasteiger partial charge in [0.25, 0.3) is 0 Å². The van der Waals surface area contributed by atoms with Crippen molar-refractivity contribution < 1.29 is 10.2 Å². The van der Waals surface area contributed by atoms with E-state index in [1.54, 1.807) is 25.1 Å². The molecule has 1 saturated carbocycles. The molecule has 0 spiro atoms. The molecule has 4 nitrogen and oxygen atoms in total. The minimum absolute atomic E-state index is 0.529. The van der Waals surface area contributed by atoms with Gasteiger partial charge in [0.05, 0.1) is 23.3 Å². The van der Waals surface area contributed by atoms with Crippen LogP contribution >= 0.6 is 0 Å². The molecule has 0 saturated heterocycles. The van der Waals surface area contributed by atoms with Gasteiger partial charge in [-0.3, -0.25) is 0 Å². The third kappa shape index (κ3) is 3.12. The summed E-state index contributed by atoms with van der Waals surface area (Å²) >= 11 is 0. The smallest absolute Gasteiger partial charge is 0.0992 e. The number of aliphatic hydroxyl groups excluding tert-OH is 1. The largest absolute Gasteiger partial charge is 0.389 e. The standard InChI is InChI=1S/C16H22N2O2/c1-12(19)14-6-5-13(10-17)9-15(14)18(2)11-16(20)7-3-4-8-16/h5-6,9,12,19-20H,3-4,7-8,11H2,1-2H3. The van der Waals surface area contributed by atoms with Gasteiger partial charge in [0.1, 0.15) is 0 Å². The summed E-state index contributed by atoms with van der Waals surface area (Å²) in [6, 6.07) is 7.40. The van der Waals surface area contributed by atoms with Crippen molar-refractivity contribution >= 4 is 5.69 Å². The molecule has 1 aromatic carbocycles. The van der Waals surface area contributed by atoms with Gasteiger partial charge in [-0.05, 0) is 31.9 Å². The van der Waals surface area contributed by atoms with E-state index in [0.29, 0.717) is 12.1 Å². The zero-order chi connectivity index (χ0) is 14.8. The molecule has 108 valence electrons. The molecule has 1 aliphatic rings. The fourth-order valence-corrected chi connectivity index (χ4v) is 3.01. The van der Waals surface area contributed by atoms with E-state index in [4.69, 9.17) is 5.26 Å². The van der Waals surface area contributed by atoms with Gasteiger partial charge < -0.3 is 15.1 Å². The molecule has 0 radical (unpaired) electrons. The lowest BCUT2D eigenvalue weighted by Gasteiger charge is -2.31. The molecule has 1 aliphatic carbocycles. The molecule has 0 heterocycles. The van der Waals surface area contributed by atoms with Crippen molar-refractivity contribution in [3.63, 3.8) is 0 Å². The van der Waals surface area contributed by atoms with Gasteiger partial charge in [-0.1, -0.05) is 18.9 Å². The number of nitrogens with zero attached hydrogens (tertiary/aromatic N) is 2. The topological polar surface area (TPSA) is 67.5 Å². The van der Waals surface area contributed by atoms with E-state index < -0.39 is 11.7 Å². The van der Waals surface area contributed by atoms with Crippen LogP contribution in [0.2, 0.25) is 0 Å². The predicted molar refractivity (Wildman–Crippen MR) is 78.5 cm³/mol. The Morgan fingerprint density at radius 1 is 1.40 bits per heavy atom. The average Bonchev–Trinajstić information content (AvgIpc) is 2.84. The van der Waals surface area contributed by atoms with Crippen LogP contribution in [0.1, 0.15) is 49.8 Å². The van der Waals surface area contributed by atoms with Crippen LogP contribution in [0.5, 0.6) is 0 Å². The van der Waals surface area contributed by atoms with Crippen LogP contribution in [0.15, 0.2) is 18.2 Å². The molecule has 1 fully saturated rings. The normalized spacial score (nSPS) is 18.6. The summed E-state index contributed by atoms with van der Waals surface area (Å²) in [7, 11) is 1.90. The van der Waals surface area contributed by atoms with Crippen molar-refractivity contribution in [3.8, 4) is 6.07 Å². The van der Waals surface area contributed by atoms with Crippen LogP contribution in [-0.4, -0.2) is 29.4 Å². The van der Waals surface area contributed by atoms with Crippen molar-refractivity contribution in [1.29, 1.82) is 5.26 Å². The maximum Gasteiger partial charge on any atom is 0.0992 e. The van der Waals surface area contributed by atoms with Gasteiger partial charge in [0.2, 0.25) is 0 Å². The van der Waals surface area contributed by atoms with Crippen LogP contribution in [0.3, 0.4) is 0 Å². The Kier molecular flexibility index (Phi) is 4.32. The first-order chi connectivity index (χ1) is 9.45. The Labute approximate surface area is 120 Å². The lowest BCUT2D eigenvalue weighted by atomic mass is 9.99. The fraction of sp³-hybridized carbons (Fsp3) is 0.562. The first kappa shape index (κ1) is 14.8. The first-order valence-electron chi connectivity index (χ1n) is 7.11. The predicted octanol–water partition coefficient (Wildman–Crippen LogP) is 2.35. The summed E-state index contributed by atoms with van der Waals surface area (Å²) in [4.78, 5) is 1.95. The molecule has 1 atom stereocenters. The van der Waals surface area contributed by atoms with Gasteiger partial charge in [0.15, 0.2) is 0 Å². The Morgan fingerprint density at radius 3 is 2.60 bits per heavy atom. The number of nitriles is 1.